The molecule has 0 fully saturated rings. The SMILES string of the molecule is CCC1Sc2ccc(S(=O)(=O)CCC(=O)NC(C)(C)C)cc2NC1=O. The van der Waals surface area contributed by atoms with E-state index in [0.717, 1.165) is 4.90 Å². The minimum absolute atomic E-state index is 0.101. The monoisotopic (exact) mass is 384 g/mol. The van der Waals surface area contributed by atoms with Crippen LogP contribution in [0.2, 0.25) is 0 Å². The first-order valence-corrected chi connectivity index (χ1v) is 10.7. The molecule has 0 radical (unpaired) electrons. The number of carbonyl (C=O) groups excluding carboxylic acids is 2. The van der Waals surface area contributed by atoms with Crippen molar-refractivity contribution in [1.29, 1.82) is 0 Å². The molecule has 2 rings (SSSR count). The van der Waals surface area contributed by atoms with E-state index in [0.29, 0.717) is 12.1 Å². The highest BCUT2D eigenvalue weighted by molar-refractivity contribution is 8.01. The Morgan fingerprint density at radius 3 is 2.60 bits per heavy atom. The van der Waals surface area contributed by atoms with Gasteiger partial charge in [-0.25, -0.2) is 8.42 Å². The summed E-state index contributed by atoms with van der Waals surface area (Å²) < 4.78 is 25.0. The summed E-state index contributed by atoms with van der Waals surface area (Å²) in [5.41, 5.74) is 0.115. The predicted octanol–water partition coefficient (Wildman–Crippen LogP) is 2.59. The van der Waals surface area contributed by atoms with Crippen LogP contribution in [0, 0.1) is 0 Å². The maximum Gasteiger partial charge on any atom is 0.237 e. The van der Waals surface area contributed by atoms with Gasteiger partial charge in [0, 0.05) is 16.9 Å². The van der Waals surface area contributed by atoms with Crippen LogP contribution in [0.3, 0.4) is 0 Å². The molecule has 1 atom stereocenters. The lowest BCUT2D eigenvalue weighted by Gasteiger charge is -2.23. The van der Waals surface area contributed by atoms with Gasteiger partial charge in [-0.2, -0.15) is 0 Å². The first-order valence-electron chi connectivity index (χ1n) is 8.17. The van der Waals surface area contributed by atoms with Crippen LogP contribution in [0.4, 0.5) is 5.69 Å². The maximum absolute atomic E-state index is 12.5. The van der Waals surface area contributed by atoms with Crippen molar-refractivity contribution in [3.63, 3.8) is 0 Å². The van der Waals surface area contributed by atoms with Crippen molar-refractivity contribution in [1.82, 2.24) is 5.32 Å². The highest BCUT2D eigenvalue weighted by atomic mass is 32.2. The largest absolute Gasteiger partial charge is 0.351 e. The second-order valence-corrected chi connectivity index (χ2v) is 10.4. The van der Waals surface area contributed by atoms with Gasteiger partial charge in [-0.1, -0.05) is 6.92 Å². The van der Waals surface area contributed by atoms with E-state index in [1.165, 1.54) is 23.9 Å². The third kappa shape index (κ3) is 5.22. The fraction of sp³-hybridized carbons (Fsp3) is 0.529. The number of amides is 2. The van der Waals surface area contributed by atoms with Gasteiger partial charge in [-0.3, -0.25) is 9.59 Å². The lowest BCUT2D eigenvalue weighted by atomic mass is 10.1. The number of rotatable bonds is 5. The van der Waals surface area contributed by atoms with Crippen molar-refractivity contribution in [2.75, 3.05) is 11.1 Å². The normalized spacial score (nSPS) is 17.6. The molecule has 1 heterocycles. The van der Waals surface area contributed by atoms with Crippen LogP contribution < -0.4 is 10.6 Å². The summed E-state index contributed by atoms with van der Waals surface area (Å²) >= 11 is 1.44. The Balaban J connectivity index is 2.12. The molecule has 1 unspecified atom stereocenters. The Bertz CT molecular complexity index is 782. The molecule has 0 aromatic heterocycles. The van der Waals surface area contributed by atoms with Crippen LogP contribution in [-0.2, 0) is 19.4 Å². The second kappa shape index (κ2) is 7.37. The number of carbonyl (C=O) groups is 2. The van der Waals surface area contributed by atoms with Gasteiger partial charge in [-0.15, -0.1) is 11.8 Å². The fourth-order valence-electron chi connectivity index (χ4n) is 2.42. The first kappa shape index (κ1) is 19.8. The highest BCUT2D eigenvalue weighted by Crippen LogP contribution is 2.38. The quantitative estimate of drug-likeness (QED) is 0.814. The lowest BCUT2D eigenvalue weighted by molar-refractivity contribution is -0.122. The van der Waals surface area contributed by atoms with Crippen LogP contribution in [0.25, 0.3) is 0 Å². The molecule has 0 aliphatic carbocycles. The molecule has 2 amide bonds. The van der Waals surface area contributed by atoms with E-state index in [1.807, 2.05) is 27.7 Å². The number of benzene rings is 1. The summed E-state index contributed by atoms with van der Waals surface area (Å²) in [5, 5.41) is 5.36. The lowest BCUT2D eigenvalue weighted by Crippen LogP contribution is -2.41. The molecule has 0 saturated carbocycles. The van der Waals surface area contributed by atoms with Gasteiger partial charge in [0.15, 0.2) is 9.84 Å². The molecule has 2 N–H and O–H groups in total. The number of sulfone groups is 1. The van der Waals surface area contributed by atoms with Crippen LogP contribution in [0.15, 0.2) is 28.0 Å². The van der Waals surface area contributed by atoms with E-state index in [-0.39, 0.29) is 34.1 Å². The van der Waals surface area contributed by atoms with Crippen LogP contribution in [-0.4, -0.2) is 36.8 Å². The van der Waals surface area contributed by atoms with Gasteiger partial charge in [0.2, 0.25) is 11.8 Å². The molecule has 8 heteroatoms. The summed E-state index contributed by atoms with van der Waals surface area (Å²) in [6.07, 6.45) is 0.606. The molecular formula is C17H24N2O4S2. The van der Waals surface area contributed by atoms with Crippen LogP contribution in [0.5, 0.6) is 0 Å². The molecule has 1 aromatic carbocycles. The molecule has 1 aliphatic rings. The van der Waals surface area contributed by atoms with Gasteiger partial charge >= 0.3 is 0 Å². The number of anilines is 1. The molecule has 0 bridgehead atoms. The zero-order valence-corrected chi connectivity index (χ0v) is 16.5. The maximum atomic E-state index is 12.5. The summed E-state index contributed by atoms with van der Waals surface area (Å²) in [6, 6.07) is 4.72. The standard InChI is InChI=1S/C17H24N2O4S2/c1-5-13-16(21)18-12-10-11(6-7-14(12)24-13)25(22,23)9-8-15(20)19-17(2,3)4/h6-7,10,13H,5,8-9H2,1-4H3,(H,18,21)(H,19,20). The average molecular weight is 385 g/mol. The average Bonchev–Trinajstić information content (AvgIpc) is 2.50. The van der Waals surface area contributed by atoms with E-state index >= 15 is 0 Å². The van der Waals surface area contributed by atoms with Gasteiger partial charge in [0.1, 0.15) is 0 Å². The molecular weight excluding hydrogens is 360 g/mol. The Hall–Kier alpha value is -1.54. The van der Waals surface area contributed by atoms with Gasteiger partial charge < -0.3 is 10.6 Å². The van der Waals surface area contributed by atoms with E-state index in [2.05, 4.69) is 10.6 Å². The molecule has 138 valence electrons. The Labute approximate surface area is 153 Å². The first-order chi connectivity index (χ1) is 11.5. The van der Waals surface area contributed by atoms with Crippen molar-refractivity contribution in [3.05, 3.63) is 18.2 Å². The number of hydrogen-bond donors (Lipinski definition) is 2. The number of hydrogen-bond acceptors (Lipinski definition) is 5. The Morgan fingerprint density at radius 2 is 2.00 bits per heavy atom. The van der Waals surface area contributed by atoms with Crippen molar-refractivity contribution < 1.29 is 18.0 Å². The number of thioether (sulfide) groups is 1. The highest BCUT2D eigenvalue weighted by Gasteiger charge is 2.27. The summed E-state index contributed by atoms with van der Waals surface area (Å²) in [6.45, 7) is 7.45. The Morgan fingerprint density at radius 1 is 1.32 bits per heavy atom. The molecule has 6 nitrogen and oxygen atoms in total. The zero-order valence-electron chi connectivity index (χ0n) is 14.9. The minimum atomic E-state index is -3.60. The van der Waals surface area contributed by atoms with E-state index in [1.54, 1.807) is 6.07 Å². The Kier molecular flexibility index (Phi) is 5.83. The number of nitrogens with one attached hydrogen (secondary N) is 2. The smallest absolute Gasteiger partial charge is 0.237 e. The summed E-state index contributed by atoms with van der Waals surface area (Å²) in [7, 11) is -3.60. The van der Waals surface area contributed by atoms with Crippen LogP contribution >= 0.6 is 11.8 Å². The summed E-state index contributed by atoms with van der Waals surface area (Å²) in [4.78, 5) is 24.8. The van der Waals surface area contributed by atoms with Crippen molar-refractivity contribution in [2.45, 2.75) is 61.1 Å². The van der Waals surface area contributed by atoms with Gasteiger partial charge in [-0.05, 0) is 45.4 Å². The van der Waals surface area contributed by atoms with Crippen LogP contribution in [0.1, 0.15) is 40.5 Å². The molecule has 0 saturated heterocycles. The predicted molar refractivity (Wildman–Crippen MR) is 99.6 cm³/mol. The molecule has 0 spiro atoms. The van der Waals surface area contributed by atoms with Crippen molar-refractivity contribution in [3.8, 4) is 0 Å². The third-order valence-electron chi connectivity index (χ3n) is 3.61. The minimum Gasteiger partial charge on any atom is -0.351 e. The van der Waals surface area contributed by atoms with E-state index in [4.69, 9.17) is 0 Å². The topological polar surface area (TPSA) is 92.3 Å². The fourth-order valence-corrected chi connectivity index (χ4v) is 4.70. The van der Waals surface area contributed by atoms with E-state index < -0.39 is 15.4 Å². The third-order valence-corrected chi connectivity index (χ3v) is 6.77. The van der Waals surface area contributed by atoms with E-state index in [9.17, 15) is 18.0 Å². The zero-order chi connectivity index (χ0) is 18.8. The van der Waals surface area contributed by atoms with Crippen molar-refractivity contribution in [2.24, 2.45) is 0 Å². The second-order valence-electron chi connectivity index (χ2n) is 7.03. The van der Waals surface area contributed by atoms with Gasteiger partial charge in [0.05, 0.1) is 21.6 Å². The molecule has 1 aliphatic heterocycles. The molecule has 1 aromatic rings. The van der Waals surface area contributed by atoms with Crippen molar-refractivity contribution >= 4 is 39.1 Å². The number of fused-ring (bicyclic) bond motifs is 1. The summed E-state index contributed by atoms with van der Waals surface area (Å²) in [5.74, 6) is -0.686. The molecule has 25 heavy (non-hydrogen) atoms. The van der Waals surface area contributed by atoms with Gasteiger partial charge in [0.25, 0.3) is 0 Å².